The van der Waals surface area contributed by atoms with E-state index < -0.39 is 5.97 Å². The highest BCUT2D eigenvalue weighted by atomic mass is 35.5. The predicted molar refractivity (Wildman–Crippen MR) is 102 cm³/mol. The van der Waals surface area contributed by atoms with Gasteiger partial charge in [0, 0.05) is 18.7 Å². The van der Waals surface area contributed by atoms with Crippen molar-refractivity contribution in [2.24, 2.45) is 0 Å². The molecule has 0 fully saturated rings. The van der Waals surface area contributed by atoms with Gasteiger partial charge < -0.3 is 9.47 Å². The van der Waals surface area contributed by atoms with Crippen LogP contribution in [0.5, 0.6) is 5.75 Å². The maximum atomic E-state index is 12.2. The van der Waals surface area contributed by atoms with E-state index in [1.54, 1.807) is 42.6 Å². The van der Waals surface area contributed by atoms with Crippen LogP contribution in [-0.4, -0.2) is 16.9 Å². The Bertz CT molecular complexity index is 935. The van der Waals surface area contributed by atoms with Crippen LogP contribution < -0.4 is 4.74 Å². The first-order valence-electron chi connectivity index (χ1n) is 8.18. The number of benzene rings is 2. The molecule has 2 aromatic carbocycles. The third-order valence-corrected chi connectivity index (χ3v) is 3.95. The first kappa shape index (κ1) is 18.6. The summed E-state index contributed by atoms with van der Waals surface area (Å²) in [6.45, 7) is 1.48. The van der Waals surface area contributed by atoms with Crippen molar-refractivity contribution in [1.29, 1.82) is 0 Å². The Morgan fingerprint density at radius 3 is 2.11 bits per heavy atom. The number of hydrogen-bond acceptors (Lipinski definition) is 5. The maximum absolute atomic E-state index is 12.2. The van der Waals surface area contributed by atoms with Gasteiger partial charge in [-0.3, -0.25) is 4.79 Å². The summed E-state index contributed by atoms with van der Waals surface area (Å²) >= 11 is 5.73. The molecule has 0 saturated carbocycles. The lowest BCUT2D eigenvalue weighted by Gasteiger charge is -2.07. The quantitative estimate of drug-likeness (QED) is 0.364. The van der Waals surface area contributed by atoms with Crippen molar-refractivity contribution < 1.29 is 19.1 Å². The summed E-state index contributed by atoms with van der Waals surface area (Å²) in [5, 5.41) is 0.390. The number of ether oxygens (including phenoxy) is 2. The molecule has 27 heavy (non-hydrogen) atoms. The van der Waals surface area contributed by atoms with Crippen LogP contribution in [0.1, 0.15) is 22.8 Å². The molecule has 0 bridgehead atoms. The number of carbonyl (C=O) groups excluding carboxylic acids is 2. The van der Waals surface area contributed by atoms with E-state index in [9.17, 15) is 9.59 Å². The largest absolute Gasteiger partial charge is 0.457 e. The Balaban J connectivity index is 1.63. The Morgan fingerprint density at radius 2 is 1.56 bits per heavy atom. The fraction of sp³-hybridized carbons (Fsp3) is 0.0952. The second-order valence-corrected chi connectivity index (χ2v) is 6.15. The maximum Gasteiger partial charge on any atom is 0.338 e. The molecule has 136 valence electrons. The number of esters is 2. The van der Waals surface area contributed by atoms with Gasteiger partial charge in [-0.2, -0.15) is 0 Å². The fourth-order valence-corrected chi connectivity index (χ4v) is 2.52. The Kier molecular flexibility index (Phi) is 5.84. The van der Waals surface area contributed by atoms with Crippen LogP contribution in [0, 0.1) is 0 Å². The normalized spacial score (nSPS) is 10.3. The molecule has 0 amide bonds. The molecule has 0 N–H and O–H groups in total. The topological polar surface area (TPSA) is 65.5 Å². The van der Waals surface area contributed by atoms with Gasteiger partial charge in [-0.15, -0.1) is 0 Å². The summed E-state index contributed by atoms with van der Waals surface area (Å²) in [6.07, 6.45) is 1.57. The zero-order valence-corrected chi connectivity index (χ0v) is 15.3. The first-order chi connectivity index (χ1) is 13.0. The smallest absolute Gasteiger partial charge is 0.338 e. The second kappa shape index (κ2) is 8.47. The van der Waals surface area contributed by atoms with E-state index in [1.807, 2.05) is 24.3 Å². The van der Waals surface area contributed by atoms with Crippen LogP contribution in [0.4, 0.5) is 0 Å². The van der Waals surface area contributed by atoms with Crippen molar-refractivity contribution in [3.63, 3.8) is 0 Å². The minimum Gasteiger partial charge on any atom is -0.457 e. The standard InChI is InChI=1S/C21H16ClNO4/c1-14(24)27-19-9-7-17(8-10-19)16-3-5-18(6-4-16)21(25)26-13-15-2-11-20(22)23-12-15/h2-12H,13H2,1H3. The zero-order chi connectivity index (χ0) is 19.2. The van der Waals surface area contributed by atoms with Crippen molar-refractivity contribution in [3.8, 4) is 16.9 Å². The summed E-state index contributed by atoms with van der Waals surface area (Å²) < 4.78 is 10.3. The summed E-state index contributed by atoms with van der Waals surface area (Å²) in [7, 11) is 0. The van der Waals surface area contributed by atoms with E-state index in [2.05, 4.69) is 4.98 Å². The van der Waals surface area contributed by atoms with Crippen LogP contribution >= 0.6 is 11.6 Å². The van der Waals surface area contributed by atoms with Crippen molar-refractivity contribution in [2.45, 2.75) is 13.5 Å². The molecule has 3 rings (SSSR count). The van der Waals surface area contributed by atoms with Gasteiger partial charge in [-0.1, -0.05) is 41.9 Å². The molecule has 0 spiro atoms. The van der Waals surface area contributed by atoms with Crippen LogP contribution in [0.3, 0.4) is 0 Å². The first-order valence-corrected chi connectivity index (χ1v) is 8.55. The third kappa shape index (κ3) is 5.15. The van der Waals surface area contributed by atoms with Crippen molar-refractivity contribution in [1.82, 2.24) is 4.98 Å². The van der Waals surface area contributed by atoms with Gasteiger partial charge in [0.25, 0.3) is 0 Å². The Hall–Kier alpha value is -3.18. The fourth-order valence-electron chi connectivity index (χ4n) is 2.40. The Morgan fingerprint density at radius 1 is 0.926 bits per heavy atom. The van der Waals surface area contributed by atoms with Gasteiger partial charge >= 0.3 is 11.9 Å². The number of hydrogen-bond donors (Lipinski definition) is 0. The minimum absolute atomic E-state index is 0.127. The highest BCUT2D eigenvalue weighted by molar-refractivity contribution is 6.29. The molecule has 3 aromatic rings. The molecule has 0 unspecified atom stereocenters. The van der Waals surface area contributed by atoms with Crippen LogP contribution in [0.2, 0.25) is 5.15 Å². The molecule has 1 heterocycles. The second-order valence-electron chi connectivity index (χ2n) is 5.76. The van der Waals surface area contributed by atoms with E-state index in [0.29, 0.717) is 16.5 Å². The van der Waals surface area contributed by atoms with Crippen molar-refractivity contribution >= 4 is 23.5 Å². The molecule has 1 aromatic heterocycles. The average molecular weight is 382 g/mol. The van der Waals surface area contributed by atoms with Gasteiger partial charge in [0.2, 0.25) is 0 Å². The van der Waals surface area contributed by atoms with Gasteiger partial charge in [-0.25, -0.2) is 9.78 Å². The number of carbonyl (C=O) groups is 2. The van der Waals surface area contributed by atoms with Gasteiger partial charge in [0.15, 0.2) is 0 Å². The molecular formula is C21H16ClNO4. The summed E-state index contributed by atoms with van der Waals surface area (Å²) in [6, 6.07) is 17.6. The zero-order valence-electron chi connectivity index (χ0n) is 14.5. The number of rotatable bonds is 5. The average Bonchev–Trinajstić information content (AvgIpc) is 2.67. The molecule has 6 heteroatoms. The minimum atomic E-state index is -0.415. The lowest BCUT2D eigenvalue weighted by Crippen LogP contribution is -2.05. The SMILES string of the molecule is CC(=O)Oc1ccc(-c2ccc(C(=O)OCc3ccc(Cl)nc3)cc2)cc1. The molecule has 0 aliphatic rings. The van der Waals surface area contributed by atoms with Crippen molar-refractivity contribution in [3.05, 3.63) is 83.1 Å². The lowest BCUT2D eigenvalue weighted by atomic mass is 10.0. The molecule has 0 aliphatic carbocycles. The number of aromatic nitrogens is 1. The number of pyridine rings is 1. The highest BCUT2D eigenvalue weighted by Crippen LogP contribution is 2.23. The third-order valence-electron chi connectivity index (χ3n) is 3.73. The number of nitrogens with zero attached hydrogens (tertiary/aromatic N) is 1. The predicted octanol–water partition coefficient (Wildman–Crippen LogP) is 4.68. The van der Waals surface area contributed by atoms with Crippen molar-refractivity contribution in [2.75, 3.05) is 0 Å². The molecule has 5 nitrogen and oxygen atoms in total. The molecule has 0 saturated heterocycles. The van der Waals surface area contributed by atoms with Gasteiger partial charge in [0.05, 0.1) is 5.56 Å². The molecular weight excluding hydrogens is 366 g/mol. The summed E-state index contributed by atoms with van der Waals surface area (Å²) in [5.41, 5.74) is 3.09. The molecule has 0 atom stereocenters. The van der Waals surface area contributed by atoms with Crippen LogP contribution in [0.25, 0.3) is 11.1 Å². The number of halogens is 1. The van der Waals surface area contributed by atoms with Crippen LogP contribution in [0.15, 0.2) is 66.9 Å². The van der Waals surface area contributed by atoms with E-state index in [1.165, 1.54) is 6.92 Å². The molecule has 0 radical (unpaired) electrons. The van der Waals surface area contributed by atoms with Gasteiger partial charge in [-0.05, 0) is 41.5 Å². The Labute approximate surface area is 161 Å². The summed E-state index contributed by atoms with van der Waals surface area (Å²) in [4.78, 5) is 27.1. The van der Waals surface area contributed by atoms with E-state index in [4.69, 9.17) is 21.1 Å². The van der Waals surface area contributed by atoms with Crippen LogP contribution in [-0.2, 0) is 16.1 Å². The van der Waals surface area contributed by atoms with E-state index in [-0.39, 0.29) is 12.6 Å². The van der Waals surface area contributed by atoms with E-state index in [0.717, 1.165) is 16.7 Å². The van der Waals surface area contributed by atoms with Gasteiger partial charge in [0.1, 0.15) is 17.5 Å². The molecule has 0 aliphatic heterocycles. The van der Waals surface area contributed by atoms with E-state index >= 15 is 0 Å². The summed E-state index contributed by atoms with van der Waals surface area (Å²) in [5.74, 6) is -0.287. The monoisotopic (exact) mass is 381 g/mol. The lowest BCUT2D eigenvalue weighted by molar-refractivity contribution is -0.131. The highest BCUT2D eigenvalue weighted by Gasteiger charge is 2.08.